The van der Waals surface area contributed by atoms with Gasteiger partial charge in [-0.2, -0.15) is 13.2 Å². The molecule has 1 aliphatic rings. The molecular weight excluding hydrogens is 229 g/mol. The van der Waals surface area contributed by atoms with E-state index in [1.165, 1.54) is 12.8 Å². The summed E-state index contributed by atoms with van der Waals surface area (Å²) < 4.78 is 37.3. The van der Waals surface area contributed by atoms with Gasteiger partial charge in [0, 0.05) is 12.2 Å². The van der Waals surface area contributed by atoms with Crippen LogP contribution in [0.4, 0.5) is 19.0 Å². The van der Waals surface area contributed by atoms with Crippen molar-refractivity contribution in [3.8, 4) is 0 Å². The molecule has 0 spiro atoms. The standard InChI is InChI=1S/C12H15F3N2/c1-8-6-9(12(13,14)15)7-16-11(8)17-10-4-2-3-5-10/h6-7,10H,2-5H2,1H3,(H,16,17). The summed E-state index contributed by atoms with van der Waals surface area (Å²) in [6.07, 6.45) is 1.08. The number of nitrogens with zero attached hydrogens (tertiary/aromatic N) is 1. The predicted molar refractivity (Wildman–Crippen MR) is 59.9 cm³/mol. The van der Waals surface area contributed by atoms with Crippen LogP contribution < -0.4 is 5.32 Å². The Hall–Kier alpha value is -1.26. The lowest BCUT2D eigenvalue weighted by Crippen LogP contribution is -2.17. The van der Waals surface area contributed by atoms with Crippen molar-refractivity contribution in [1.82, 2.24) is 4.98 Å². The van der Waals surface area contributed by atoms with Crippen molar-refractivity contribution in [1.29, 1.82) is 0 Å². The van der Waals surface area contributed by atoms with Crippen LogP contribution in [0.3, 0.4) is 0 Å². The van der Waals surface area contributed by atoms with Crippen molar-refractivity contribution in [3.63, 3.8) is 0 Å². The highest BCUT2D eigenvalue weighted by Gasteiger charge is 2.31. The molecule has 0 atom stereocenters. The van der Waals surface area contributed by atoms with Crippen LogP contribution in [-0.4, -0.2) is 11.0 Å². The maximum Gasteiger partial charge on any atom is 0.417 e. The molecular formula is C12H15F3N2. The third kappa shape index (κ3) is 2.90. The Labute approximate surface area is 98.2 Å². The van der Waals surface area contributed by atoms with E-state index in [0.717, 1.165) is 25.1 Å². The maximum absolute atomic E-state index is 12.4. The SMILES string of the molecule is Cc1cc(C(F)(F)F)cnc1NC1CCCC1. The molecule has 1 aromatic heterocycles. The molecule has 1 fully saturated rings. The smallest absolute Gasteiger partial charge is 0.367 e. The van der Waals surface area contributed by atoms with E-state index in [9.17, 15) is 13.2 Å². The molecule has 1 aliphatic carbocycles. The van der Waals surface area contributed by atoms with Gasteiger partial charge in [-0.25, -0.2) is 4.98 Å². The maximum atomic E-state index is 12.4. The minimum Gasteiger partial charge on any atom is -0.367 e. The van der Waals surface area contributed by atoms with Crippen molar-refractivity contribution in [2.24, 2.45) is 0 Å². The fraction of sp³-hybridized carbons (Fsp3) is 0.583. The molecule has 17 heavy (non-hydrogen) atoms. The summed E-state index contributed by atoms with van der Waals surface area (Å²) in [5, 5.41) is 3.21. The number of nitrogens with one attached hydrogen (secondary N) is 1. The first-order valence-corrected chi connectivity index (χ1v) is 5.77. The lowest BCUT2D eigenvalue weighted by Gasteiger charge is -2.15. The van der Waals surface area contributed by atoms with E-state index in [1.807, 2.05) is 0 Å². The number of halogens is 3. The van der Waals surface area contributed by atoms with Crippen molar-refractivity contribution in [2.75, 3.05) is 5.32 Å². The van der Waals surface area contributed by atoms with Crippen LogP contribution in [0.15, 0.2) is 12.3 Å². The second-order valence-electron chi connectivity index (χ2n) is 4.51. The van der Waals surface area contributed by atoms with E-state index in [0.29, 0.717) is 17.4 Å². The van der Waals surface area contributed by atoms with E-state index in [2.05, 4.69) is 10.3 Å². The molecule has 2 rings (SSSR count). The molecule has 1 N–H and O–H groups in total. The lowest BCUT2D eigenvalue weighted by atomic mass is 10.2. The zero-order valence-corrected chi connectivity index (χ0v) is 9.64. The highest BCUT2D eigenvalue weighted by molar-refractivity contribution is 5.45. The number of anilines is 1. The zero-order chi connectivity index (χ0) is 12.5. The number of aromatic nitrogens is 1. The van der Waals surface area contributed by atoms with Gasteiger partial charge in [-0.1, -0.05) is 12.8 Å². The van der Waals surface area contributed by atoms with Gasteiger partial charge in [0.1, 0.15) is 5.82 Å². The van der Waals surface area contributed by atoms with E-state index < -0.39 is 11.7 Å². The monoisotopic (exact) mass is 244 g/mol. The molecule has 2 nitrogen and oxygen atoms in total. The topological polar surface area (TPSA) is 24.9 Å². The highest BCUT2D eigenvalue weighted by Crippen LogP contribution is 2.31. The fourth-order valence-corrected chi connectivity index (χ4v) is 2.14. The molecule has 0 saturated heterocycles. The third-order valence-corrected chi connectivity index (χ3v) is 3.10. The van der Waals surface area contributed by atoms with Crippen LogP contribution in [0, 0.1) is 6.92 Å². The summed E-state index contributed by atoms with van der Waals surface area (Å²) in [5.41, 5.74) is -0.140. The molecule has 1 heterocycles. The number of aryl methyl sites for hydroxylation is 1. The van der Waals surface area contributed by atoms with Crippen molar-refractivity contribution < 1.29 is 13.2 Å². The van der Waals surface area contributed by atoms with E-state index in [4.69, 9.17) is 0 Å². The van der Waals surface area contributed by atoms with Crippen LogP contribution >= 0.6 is 0 Å². The Morgan fingerprint density at radius 2 is 1.94 bits per heavy atom. The third-order valence-electron chi connectivity index (χ3n) is 3.10. The largest absolute Gasteiger partial charge is 0.417 e. The normalized spacial score (nSPS) is 17.4. The number of alkyl halides is 3. The van der Waals surface area contributed by atoms with Crippen molar-refractivity contribution in [3.05, 3.63) is 23.4 Å². The lowest BCUT2D eigenvalue weighted by molar-refractivity contribution is -0.137. The average molecular weight is 244 g/mol. The summed E-state index contributed by atoms with van der Waals surface area (Å²) in [5.74, 6) is 0.574. The van der Waals surface area contributed by atoms with Gasteiger partial charge in [-0.3, -0.25) is 0 Å². The highest BCUT2D eigenvalue weighted by atomic mass is 19.4. The Morgan fingerprint density at radius 3 is 2.47 bits per heavy atom. The van der Waals surface area contributed by atoms with E-state index >= 15 is 0 Å². The van der Waals surface area contributed by atoms with Gasteiger partial charge in [-0.15, -0.1) is 0 Å². The molecule has 0 aliphatic heterocycles. The summed E-state index contributed by atoms with van der Waals surface area (Å²) in [6, 6.07) is 1.50. The summed E-state index contributed by atoms with van der Waals surface area (Å²) in [6.45, 7) is 1.65. The van der Waals surface area contributed by atoms with Gasteiger partial charge < -0.3 is 5.32 Å². The molecule has 0 bridgehead atoms. The van der Waals surface area contributed by atoms with Crippen molar-refractivity contribution >= 4 is 5.82 Å². The van der Waals surface area contributed by atoms with Gasteiger partial charge in [-0.05, 0) is 31.4 Å². The predicted octanol–water partition coefficient (Wildman–Crippen LogP) is 3.76. The Kier molecular flexibility index (Phi) is 3.26. The summed E-state index contributed by atoms with van der Waals surface area (Å²) in [7, 11) is 0. The van der Waals surface area contributed by atoms with Crippen LogP contribution in [0.5, 0.6) is 0 Å². The minimum atomic E-state index is -4.32. The second-order valence-corrected chi connectivity index (χ2v) is 4.51. The minimum absolute atomic E-state index is 0.359. The number of pyridine rings is 1. The molecule has 0 radical (unpaired) electrons. The summed E-state index contributed by atoms with van der Waals surface area (Å²) >= 11 is 0. The van der Waals surface area contributed by atoms with Gasteiger partial charge in [0.15, 0.2) is 0 Å². The van der Waals surface area contributed by atoms with Crippen LogP contribution in [0.25, 0.3) is 0 Å². The molecule has 1 aromatic rings. The molecule has 5 heteroatoms. The quantitative estimate of drug-likeness (QED) is 0.856. The second kappa shape index (κ2) is 4.55. The Balaban J connectivity index is 2.14. The van der Waals surface area contributed by atoms with Gasteiger partial charge in [0.25, 0.3) is 0 Å². The Bertz CT molecular complexity index is 395. The van der Waals surface area contributed by atoms with Crippen LogP contribution in [0.1, 0.15) is 36.8 Å². The molecule has 0 unspecified atom stereocenters. The molecule has 0 amide bonds. The van der Waals surface area contributed by atoms with E-state index in [1.54, 1.807) is 6.92 Å². The summed E-state index contributed by atoms with van der Waals surface area (Å²) in [4.78, 5) is 3.88. The average Bonchev–Trinajstić information content (AvgIpc) is 2.72. The number of rotatable bonds is 2. The molecule has 94 valence electrons. The molecule has 0 aromatic carbocycles. The van der Waals surface area contributed by atoms with Crippen LogP contribution in [-0.2, 0) is 6.18 Å². The first-order chi connectivity index (χ1) is 7.97. The fourth-order valence-electron chi connectivity index (χ4n) is 2.14. The van der Waals surface area contributed by atoms with Gasteiger partial charge in [0.2, 0.25) is 0 Å². The number of hydrogen-bond donors (Lipinski definition) is 1. The molecule has 1 saturated carbocycles. The Morgan fingerprint density at radius 1 is 1.29 bits per heavy atom. The first kappa shape index (κ1) is 12.2. The first-order valence-electron chi connectivity index (χ1n) is 5.77. The van der Waals surface area contributed by atoms with Crippen molar-refractivity contribution in [2.45, 2.75) is 44.8 Å². The van der Waals surface area contributed by atoms with Crippen LogP contribution in [0.2, 0.25) is 0 Å². The number of hydrogen-bond acceptors (Lipinski definition) is 2. The van der Waals surface area contributed by atoms with Gasteiger partial charge in [0.05, 0.1) is 5.56 Å². The zero-order valence-electron chi connectivity index (χ0n) is 9.64. The van der Waals surface area contributed by atoms with E-state index in [-0.39, 0.29) is 0 Å². The van der Waals surface area contributed by atoms with Gasteiger partial charge >= 0.3 is 6.18 Å².